The van der Waals surface area contributed by atoms with Crippen LogP contribution in [0.2, 0.25) is 0 Å². The molecule has 4 nitrogen and oxygen atoms in total. The molecule has 1 aliphatic carbocycles. The normalized spacial score (nSPS) is 22.6. The lowest BCUT2D eigenvalue weighted by Crippen LogP contribution is -2.43. The quantitative estimate of drug-likeness (QED) is 0.549. The van der Waals surface area contributed by atoms with Crippen molar-refractivity contribution in [3.05, 3.63) is 12.2 Å². The fraction of sp³-hybridized carbons (Fsp3) is 0.833. The van der Waals surface area contributed by atoms with E-state index in [0.717, 1.165) is 32.1 Å². The first-order valence-corrected chi connectivity index (χ1v) is 8.36. The Morgan fingerprint density at radius 1 is 1.27 bits per heavy atom. The molecule has 1 N–H and O–H groups in total. The molecule has 0 aliphatic heterocycles. The summed E-state index contributed by atoms with van der Waals surface area (Å²) in [4.78, 5) is 11.7. The van der Waals surface area contributed by atoms with Gasteiger partial charge in [0.2, 0.25) is 0 Å². The fourth-order valence-corrected chi connectivity index (χ4v) is 3.25. The standard InChI is InChI=1S/C18H32O4/c1-7-18(8-2,21-12-17(5,6)20)14-9-10-15(11-14)22-16(19)13(3)4/h14-15,20H,3,7-12H2,1-2,4-6H3. The van der Waals surface area contributed by atoms with Crippen molar-refractivity contribution in [2.75, 3.05) is 6.61 Å². The van der Waals surface area contributed by atoms with Gasteiger partial charge in [0.05, 0.1) is 17.8 Å². The van der Waals surface area contributed by atoms with Crippen LogP contribution in [0, 0.1) is 5.92 Å². The van der Waals surface area contributed by atoms with Gasteiger partial charge in [-0.15, -0.1) is 0 Å². The molecule has 1 rings (SSSR count). The van der Waals surface area contributed by atoms with Crippen molar-refractivity contribution in [2.24, 2.45) is 5.92 Å². The molecule has 0 bridgehead atoms. The zero-order chi connectivity index (χ0) is 17.0. The highest BCUT2D eigenvalue weighted by molar-refractivity contribution is 5.87. The van der Waals surface area contributed by atoms with Crippen molar-refractivity contribution < 1.29 is 19.4 Å². The van der Waals surface area contributed by atoms with Crippen LogP contribution in [0.25, 0.3) is 0 Å². The van der Waals surface area contributed by atoms with Crippen LogP contribution in [0.4, 0.5) is 0 Å². The molecule has 1 saturated carbocycles. The molecular formula is C18H32O4. The molecule has 1 aliphatic rings. The first-order valence-electron chi connectivity index (χ1n) is 8.36. The van der Waals surface area contributed by atoms with Crippen molar-refractivity contribution in [3.8, 4) is 0 Å². The van der Waals surface area contributed by atoms with E-state index in [1.165, 1.54) is 0 Å². The molecule has 0 aromatic carbocycles. The van der Waals surface area contributed by atoms with Crippen molar-refractivity contribution in [3.63, 3.8) is 0 Å². The highest BCUT2D eigenvalue weighted by Gasteiger charge is 2.43. The van der Waals surface area contributed by atoms with Crippen molar-refractivity contribution in [2.45, 2.75) is 84.0 Å². The van der Waals surface area contributed by atoms with Gasteiger partial charge in [0, 0.05) is 5.57 Å². The summed E-state index contributed by atoms with van der Waals surface area (Å²) in [5.41, 5.74) is -0.635. The SMILES string of the molecule is C=C(C)C(=O)OC1CCC(C(CC)(CC)OCC(C)(C)O)C1. The Balaban J connectivity index is 2.69. The number of esters is 1. The Hall–Kier alpha value is -0.870. The topological polar surface area (TPSA) is 55.8 Å². The van der Waals surface area contributed by atoms with Gasteiger partial charge >= 0.3 is 5.97 Å². The maximum absolute atomic E-state index is 11.7. The molecule has 128 valence electrons. The van der Waals surface area contributed by atoms with E-state index in [9.17, 15) is 9.90 Å². The zero-order valence-corrected chi connectivity index (χ0v) is 14.8. The molecule has 2 unspecified atom stereocenters. The molecule has 0 saturated heterocycles. The van der Waals surface area contributed by atoms with Gasteiger partial charge < -0.3 is 14.6 Å². The number of hydrogen-bond acceptors (Lipinski definition) is 4. The van der Waals surface area contributed by atoms with Crippen molar-refractivity contribution >= 4 is 5.97 Å². The lowest BCUT2D eigenvalue weighted by molar-refractivity contribution is -0.148. The average Bonchev–Trinajstić information content (AvgIpc) is 2.88. The van der Waals surface area contributed by atoms with E-state index in [1.807, 2.05) is 0 Å². The van der Waals surface area contributed by atoms with Crippen LogP contribution in [-0.4, -0.2) is 35.0 Å². The van der Waals surface area contributed by atoms with Crippen LogP contribution in [0.5, 0.6) is 0 Å². The third-order valence-corrected chi connectivity index (χ3v) is 4.66. The van der Waals surface area contributed by atoms with Gasteiger partial charge in [-0.1, -0.05) is 20.4 Å². The molecule has 0 heterocycles. The summed E-state index contributed by atoms with van der Waals surface area (Å²) in [6.45, 7) is 13.4. The molecular weight excluding hydrogens is 280 g/mol. The average molecular weight is 312 g/mol. The molecule has 2 atom stereocenters. The minimum atomic E-state index is -0.833. The highest BCUT2D eigenvalue weighted by atomic mass is 16.5. The van der Waals surface area contributed by atoms with Gasteiger partial charge in [-0.25, -0.2) is 4.79 Å². The van der Waals surface area contributed by atoms with Crippen LogP contribution < -0.4 is 0 Å². The Morgan fingerprint density at radius 3 is 2.32 bits per heavy atom. The van der Waals surface area contributed by atoms with E-state index >= 15 is 0 Å². The first-order chi connectivity index (χ1) is 10.1. The van der Waals surface area contributed by atoms with Crippen molar-refractivity contribution in [1.29, 1.82) is 0 Å². The third kappa shape index (κ3) is 5.10. The largest absolute Gasteiger partial charge is 0.459 e. The highest BCUT2D eigenvalue weighted by Crippen LogP contribution is 2.42. The Bertz CT molecular complexity index is 390. The van der Waals surface area contributed by atoms with Crippen molar-refractivity contribution in [1.82, 2.24) is 0 Å². The number of rotatable bonds is 8. The van der Waals surface area contributed by atoms with Gasteiger partial charge in [-0.2, -0.15) is 0 Å². The Kier molecular flexibility index (Phi) is 6.63. The Morgan fingerprint density at radius 2 is 1.86 bits per heavy atom. The van der Waals surface area contributed by atoms with Gasteiger partial charge in [-0.3, -0.25) is 0 Å². The number of carbonyl (C=O) groups is 1. The smallest absolute Gasteiger partial charge is 0.333 e. The fourth-order valence-electron chi connectivity index (χ4n) is 3.25. The second-order valence-electron chi connectivity index (χ2n) is 7.19. The lowest BCUT2D eigenvalue weighted by atomic mass is 9.81. The summed E-state index contributed by atoms with van der Waals surface area (Å²) < 4.78 is 11.7. The molecule has 4 heteroatoms. The van der Waals surface area contributed by atoms with Gasteiger partial charge in [0.1, 0.15) is 6.10 Å². The second kappa shape index (κ2) is 7.60. The van der Waals surface area contributed by atoms with Crippen LogP contribution in [-0.2, 0) is 14.3 Å². The number of hydrogen-bond donors (Lipinski definition) is 1. The summed E-state index contributed by atoms with van der Waals surface area (Å²) >= 11 is 0. The molecule has 22 heavy (non-hydrogen) atoms. The minimum Gasteiger partial charge on any atom is -0.459 e. The van der Waals surface area contributed by atoms with Crippen LogP contribution in [0.15, 0.2) is 12.2 Å². The maximum atomic E-state index is 11.7. The number of carbonyl (C=O) groups excluding carboxylic acids is 1. The van der Waals surface area contributed by atoms with E-state index in [4.69, 9.17) is 9.47 Å². The van der Waals surface area contributed by atoms with E-state index in [0.29, 0.717) is 18.1 Å². The second-order valence-corrected chi connectivity index (χ2v) is 7.19. The maximum Gasteiger partial charge on any atom is 0.333 e. The van der Waals surface area contributed by atoms with E-state index in [-0.39, 0.29) is 17.7 Å². The summed E-state index contributed by atoms with van der Waals surface area (Å²) in [6, 6.07) is 0. The van der Waals surface area contributed by atoms with Crippen LogP contribution in [0.3, 0.4) is 0 Å². The predicted octanol–water partition coefficient (Wildman–Crippen LogP) is 3.62. The predicted molar refractivity (Wildman–Crippen MR) is 87.6 cm³/mol. The molecule has 0 aromatic rings. The van der Waals surface area contributed by atoms with Gasteiger partial charge in [-0.05, 0) is 58.8 Å². The van der Waals surface area contributed by atoms with E-state index < -0.39 is 5.60 Å². The summed E-state index contributed by atoms with van der Waals surface area (Å²) in [5.74, 6) is 0.0504. The molecule has 1 fully saturated rings. The van der Waals surface area contributed by atoms with Crippen LogP contribution >= 0.6 is 0 Å². The van der Waals surface area contributed by atoms with Gasteiger partial charge in [0.15, 0.2) is 0 Å². The van der Waals surface area contributed by atoms with E-state index in [1.54, 1.807) is 20.8 Å². The summed E-state index contributed by atoms with van der Waals surface area (Å²) in [6.07, 6.45) is 4.43. The molecule has 0 aromatic heterocycles. The Labute approximate surface area is 134 Å². The summed E-state index contributed by atoms with van der Waals surface area (Å²) in [7, 11) is 0. The monoisotopic (exact) mass is 312 g/mol. The molecule has 0 radical (unpaired) electrons. The third-order valence-electron chi connectivity index (χ3n) is 4.66. The molecule has 0 amide bonds. The van der Waals surface area contributed by atoms with Crippen LogP contribution in [0.1, 0.15) is 66.7 Å². The number of ether oxygens (including phenoxy) is 2. The van der Waals surface area contributed by atoms with Gasteiger partial charge in [0.25, 0.3) is 0 Å². The summed E-state index contributed by atoms with van der Waals surface area (Å²) in [5, 5.41) is 9.94. The number of aliphatic hydroxyl groups is 1. The zero-order valence-electron chi connectivity index (χ0n) is 14.8. The van der Waals surface area contributed by atoms with E-state index in [2.05, 4.69) is 20.4 Å². The lowest BCUT2D eigenvalue weighted by Gasteiger charge is -2.39. The molecule has 0 spiro atoms. The minimum absolute atomic E-state index is 0.0441. The first kappa shape index (κ1) is 19.2.